The number of hydrogen-bond acceptors (Lipinski definition) is 9. The lowest BCUT2D eigenvalue weighted by Crippen LogP contribution is -2.64. The Hall–Kier alpha value is -3.66. The quantitative estimate of drug-likeness (QED) is 0.171. The Morgan fingerprint density at radius 1 is 1.19 bits per heavy atom. The van der Waals surface area contributed by atoms with Gasteiger partial charge in [0.05, 0.1) is 51.5 Å². The molecule has 3 aliphatic heterocycles. The van der Waals surface area contributed by atoms with Crippen LogP contribution in [0.4, 0.5) is 15.9 Å². The molecule has 3 radical (unpaired) electrons. The van der Waals surface area contributed by atoms with Gasteiger partial charge in [-0.1, -0.05) is 30.3 Å². The van der Waals surface area contributed by atoms with Crippen molar-refractivity contribution in [1.82, 2.24) is 14.9 Å². The summed E-state index contributed by atoms with van der Waals surface area (Å²) >= 11 is 1.78. The van der Waals surface area contributed by atoms with E-state index in [1.165, 1.54) is 34.2 Å². The number of fused-ring (bicyclic) bond motifs is 2. The van der Waals surface area contributed by atoms with Gasteiger partial charge in [0.2, 0.25) is 5.91 Å². The van der Waals surface area contributed by atoms with Gasteiger partial charge in [0.15, 0.2) is 0 Å². The number of allylic oxidation sites excluding steroid dienone is 1. The second kappa shape index (κ2) is 12.7. The van der Waals surface area contributed by atoms with Crippen LogP contribution in [0.2, 0.25) is 0 Å². The highest BCUT2D eigenvalue weighted by molar-refractivity contribution is 8.08. The summed E-state index contributed by atoms with van der Waals surface area (Å²) in [6.07, 6.45) is 5.83. The van der Waals surface area contributed by atoms with Gasteiger partial charge in [-0.05, 0) is 56.2 Å². The molecule has 1 unspecified atom stereocenters. The first kappa shape index (κ1) is 31.9. The average molecular weight is 670 g/mol. The van der Waals surface area contributed by atoms with Gasteiger partial charge < -0.3 is 24.2 Å². The number of carbonyl (C=O) groups excluding carboxylic acids is 1. The monoisotopic (exact) mass is 669 g/mol. The molecule has 47 heavy (non-hydrogen) atoms. The van der Waals surface area contributed by atoms with Crippen molar-refractivity contribution in [2.45, 2.75) is 67.5 Å². The first-order valence-electron chi connectivity index (χ1n) is 16.2. The van der Waals surface area contributed by atoms with Crippen molar-refractivity contribution in [3.63, 3.8) is 0 Å². The Kier molecular flexibility index (Phi) is 8.65. The van der Waals surface area contributed by atoms with Crippen LogP contribution in [0.1, 0.15) is 43.0 Å². The van der Waals surface area contributed by atoms with Gasteiger partial charge in [-0.3, -0.25) is 4.79 Å². The van der Waals surface area contributed by atoms with Crippen molar-refractivity contribution in [2.75, 3.05) is 49.3 Å². The third-order valence-electron chi connectivity index (χ3n) is 9.50. The lowest BCUT2D eigenvalue weighted by atomic mass is 9.99. The van der Waals surface area contributed by atoms with E-state index in [0.29, 0.717) is 44.9 Å². The van der Waals surface area contributed by atoms with E-state index in [4.69, 9.17) is 19.4 Å². The molecule has 1 saturated carbocycles. The number of carbonyl (C=O) groups is 1. The summed E-state index contributed by atoms with van der Waals surface area (Å²) in [6, 6.07) is 15.4. The Morgan fingerprint density at radius 3 is 2.77 bits per heavy atom. The van der Waals surface area contributed by atoms with E-state index in [0.717, 1.165) is 42.9 Å². The van der Waals surface area contributed by atoms with E-state index < -0.39 is 11.8 Å². The summed E-state index contributed by atoms with van der Waals surface area (Å²) in [6.45, 7) is 6.54. The summed E-state index contributed by atoms with van der Waals surface area (Å²) in [5.74, 6) is 0.437. The standard InChI is InChI=1S/C35H38FN6O3SSi/c1-23-6-3-7-24-8-4-9-28(31(23)24)40-17-13-26-27(20-40)38-33(44-21-29-34(2,46-29)45-25-11-12-25)39-32(26)41-18-19-42(30(43)10-5-15-36)35(47,22-41)14-16-37/h3-10,25,29H,11-15,17-22H2,1-2H3/b10-5+/t29?,34-,35-/m0/s1. The van der Waals surface area contributed by atoms with Crippen LogP contribution in [-0.4, -0.2) is 91.9 Å². The lowest BCUT2D eigenvalue weighted by molar-refractivity contribution is -0.129. The Balaban J connectivity index is 1.20. The Labute approximate surface area is 282 Å². The van der Waals surface area contributed by atoms with Crippen LogP contribution in [0.25, 0.3) is 10.8 Å². The Bertz CT molecular complexity index is 1760. The predicted molar refractivity (Wildman–Crippen MR) is 183 cm³/mol. The number of amides is 1. The molecule has 3 aromatic rings. The van der Waals surface area contributed by atoms with Crippen molar-refractivity contribution < 1.29 is 18.7 Å². The zero-order valence-corrected chi connectivity index (χ0v) is 28.6. The van der Waals surface area contributed by atoms with Crippen molar-refractivity contribution >= 4 is 50.2 Å². The number of benzene rings is 2. The van der Waals surface area contributed by atoms with E-state index in [9.17, 15) is 14.4 Å². The summed E-state index contributed by atoms with van der Waals surface area (Å²) in [7, 11) is 3.81. The number of rotatable bonds is 10. The van der Waals surface area contributed by atoms with Crippen molar-refractivity contribution in [3.8, 4) is 12.1 Å². The number of aryl methyl sites for hydroxylation is 1. The number of nitriles is 1. The minimum absolute atomic E-state index is 0.0545. The molecule has 4 heterocycles. The van der Waals surface area contributed by atoms with Gasteiger partial charge in [0.25, 0.3) is 0 Å². The summed E-state index contributed by atoms with van der Waals surface area (Å²) in [5, 5.41) is 11.4. The first-order chi connectivity index (χ1) is 22.7. The molecule has 7 rings (SSSR count). The normalized spacial score (nSPS) is 25.6. The molecular formula is C35H38FN6O3SSi. The third kappa shape index (κ3) is 6.45. The molecule has 0 spiro atoms. The summed E-state index contributed by atoms with van der Waals surface area (Å²) in [4.78, 5) is 28.9. The fraction of sp³-hybridized carbons (Fsp3) is 0.486. The van der Waals surface area contributed by atoms with E-state index in [1.807, 2.05) is 0 Å². The molecule has 9 nitrogen and oxygen atoms in total. The molecule has 1 amide bonds. The smallest absolute Gasteiger partial charge is 0.318 e. The number of anilines is 2. The topological polar surface area (TPSA) is 94.8 Å². The molecule has 1 aliphatic carbocycles. The van der Waals surface area contributed by atoms with E-state index in [1.54, 1.807) is 16.7 Å². The number of nitrogens with zero attached hydrogens (tertiary/aromatic N) is 6. The van der Waals surface area contributed by atoms with Crippen LogP contribution in [0, 0.1) is 18.3 Å². The van der Waals surface area contributed by atoms with E-state index in [-0.39, 0.29) is 22.5 Å². The maximum absolute atomic E-state index is 13.0. The van der Waals surface area contributed by atoms with Gasteiger partial charge in [-0.2, -0.15) is 15.2 Å². The summed E-state index contributed by atoms with van der Waals surface area (Å²) in [5.41, 5.74) is 4.37. The summed E-state index contributed by atoms with van der Waals surface area (Å²) < 4.78 is 25.4. The van der Waals surface area contributed by atoms with Crippen molar-refractivity contribution in [2.24, 2.45) is 0 Å². The molecule has 3 atom stereocenters. The molecule has 3 fully saturated rings. The second-order valence-corrected chi connectivity index (χ2v) is 15.5. The highest BCUT2D eigenvalue weighted by atomic mass is 32.2. The van der Waals surface area contributed by atoms with Crippen LogP contribution in [-0.2, 0) is 22.5 Å². The highest BCUT2D eigenvalue weighted by Gasteiger charge is 2.56. The molecule has 2 aromatic carbocycles. The van der Waals surface area contributed by atoms with Crippen LogP contribution in [0.3, 0.4) is 0 Å². The van der Waals surface area contributed by atoms with Gasteiger partial charge in [-0.15, -0.1) is 11.8 Å². The molecule has 12 heteroatoms. The second-order valence-electron chi connectivity index (χ2n) is 13.0. The first-order valence-corrected chi connectivity index (χ1v) is 17.6. The number of aromatic nitrogens is 2. The number of halogens is 1. The number of alkyl halides is 1. The fourth-order valence-electron chi connectivity index (χ4n) is 6.83. The minimum Gasteiger partial charge on any atom is -0.462 e. The van der Waals surface area contributed by atoms with Crippen molar-refractivity contribution in [1.29, 1.82) is 5.26 Å². The third-order valence-corrected chi connectivity index (χ3v) is 11.6. The van der Waals surface area contributed by atoms with E-state index in [2.05, 4.69) is 76.4 Å². The van der Waals surface area contributed by atoms with Gasteiger partial charge in [0.1, 0.15) is 24.0 Å². The minimum atomic E-state index is -0.975. The maximum Gasteiger partial charge on any atom is 0.318 e. The molecule has 4 aliphatic rings. The van der Waals surface area contributed by atoms with Crippen molar-refractivity contribution in [3.05, 3.63) is 65.4 Å². The largest absolute Gasteiger partial charge is 0.462 e. The van der Waals surface area contributed by atoms with Gasteiger partial charge in [0, 0.05) is 48.9 Å². The van der Waals surface area contributed by atoms with E-state index >= 15 is 0 Å². The predicted octanol–water partition coefficient (Wildman–Crippen LogP) is 4.84. The number of ether oxygens (including phenoxy) is 2. The van der Waals surface area contributed by atoms with Gasteiger partial charge >= 0.3 is 6.01 Å². The average Bonchev–Trinajstić information content (AvgIpc) is 3.99. The molecular weight excluding hydrogens is 632 g/mol. The molecule has 1 aromatic heterocycles. The van der Waals surface area contributed by atoms with Crippen LogP contribution >= 0.6 is 11.8 Å². The lowest BCUT2D eigenvalue weighted by Gasteiger charge is -2.48. The fourth-order valence-corrected chi connectivity index (χ4v) is 8.27. The van der Waals surface area contributed by atoms with Crippen LogP contribution in [0.15, 0.2) is 48.6 Å². The molecule has 0 bridgehead atoms. The van der Waals surface area contributed by atoms with Crippen LogP contribution < -0.4 is 14.5 Å². The SMILES string of the molecule is Cc1cccc2cccc(N3CCc4c(nc(OCC5S[C@]5(C)OC5CC5)nc4N4CCN(C(=O)/C=C/CF)[C@]([Si])(CC#N)C4)C3)c12. The number of hydrogen-bond donors (Lipinski definition) is 0. The zero-order valence-electron chi connectivity index (χ0n) is 26.7. The highest BCUT2D eigenvalue weighted by Crippen LogP contribution is 2.56. The molecule has 243 valence electrons. The zero-order chi connectivity index (χ0) is 32.8. The molecule has 0 N–H and O–H groups in total. The van der Waals surface area contributed by atoms with Gasteiger partial charge in [-0.25, -0.2) is 4.39 Å². The number of piperazine rings is 1. The Morgan fingerprint density at radius 2 is 2.00 bits per heavy atom. The van der Waals surface area contributed by atoms with Crippen LogP contribution in [0.5, 0.6) is 6.01 Å². The molecule has 2 saturated heterocycles. The maximum atomic E-state index is 13.0. The number of thioether (sulfide) groups is 1.